The highest BCUT2D eigenvalue weighted by Crippen LogP contribution is 2.61. The van der Waals surface area contributed by atoms with Crippen molar-refractivity contribution < 1.29 is 8.78 Å². The highest BCUT2D eigenvalue weighted by atomic mass is 32.1. The zero-order valence-electron chi connectivity index (χ0n) is 38.8. The normalized spacial score (nSPS) is 14.0. The van der Waals surface area contributed by atoms with Crippen LogP contribution in [0.2, 0.25) is 0 Å². The first kappa shape index (κ1) is 41.3. The Balaban J connectivity index is 1.35. The van der Waals surface area contributed by atoms with Gasteiger partial charge in [0.1, 0.15) is 11.6 Å². The van der Waals surface area contributed by atoms with Crippen molar-refractivity contribution in [2.45, 2.75) is 58.3 Å². The largest absolute Gasteiger partial charge is 0.307 e. The third-order valence-electron chi connectivity index (χ3n) is 14.4. The molecule has 5 heteroatoms. The van der Waals surface area contributed by atoms with E-state index in [0.717, 1.165) is 60.9 Å². The first-order chi connectivity index (χ1) is 32.9. The summed E-state index contributed by atoms with van der Waals surface area (Å²) in [7, 11) is 0. The van der Waals surface area contributed by atoms with Gasteiger partial charge in [-0.3, -0.25) is 0 Å². The summed E-state index contributed by atoms with van der Waals surface area (Å²) in [6, 6.07) is 58.7. The Morgan fingerprint density at radius 2 is 0.971 bits per heavy atom. The Hall–Kier alpha value is -6.92. The van der Waals surface area contributed by atoms with Crippen LogP contribution >= 0.6 is 22.7 Å². The monoisotopic (exact) mass is 919 g/mol. The minimum Gasteiger partial charge on any atom is -0.307 e. The number of nitrogens with zero attached hydrogens (tertiary/aromatic N) is 1. The van der Waals surface area contributed by atoms with E-state index in [2.05, 4.69) is 180 Å². The second kappa shape index (κ2) is 14.8. The smallest absolute Gasteiger partial charge is 0.123 e. The number of para-hydroxylation sites is 1. The molecule has 0 spiro atoms. The van der Waals surface area contributed by atoms with Gasteiger partial charge in [-0.05, 0) is 115 Å². The maximum Gasteiger partial charge on any atom is 0.123 e. The van der Waals surface area contributed by atoms with E-state index in [0.29, 0.717) is 0 Å². The lowest BCUT2D eigenvalue weighted by Crippen LogP contribution is -2.27. The minimum atomic E-state index is -0.502. The van der Waals surface area contributed by atoms with Gasteiger partial charge in [-0.25, -0.2) is 8.78 Å². The number of hydrogen-bond donors (Lipinski definition) is 0. The average Bonchev–Trinajstić information content (AvgIpc) is 4.07. The maximum absolute atomic E-state index is 16.4. The van der Waals surface area contributed by atoms with Gasteiger partial charge < -0.3 is 4.57 Å². The highest BCUT2D eigenvalue weighted by Gasteiger charge is 2.43. The molecule has 0 aliphatic heterocycles. The van der Waals surface area contributed by atoms with E-state index in [1.54, 1.807) is 24.3 Å². The van der Waals surface area contributed by atoms with Crippen molar-refractivity contribution in [2.75, 3.05) is 0 Å². The molecule has 12 aromatic rings. The van der Waals surface area contributed by atoms with Gasteiger partial charge in [0, 0.05) is 68.2 Å². The van der Waals surface area contributed by atoms with Gasteiger partial charge in [0.2, 0.25) is 0 Å². The average molecular weight is 920 g/mol. The van der Waals surface area contributed by atoms with Gasteiger partial charge in [0.25, 0.3) is 0 Å². The fraction of sp³-hybridized carbons (Fsp3) is 0.143. The van der Waals surface area contributed by atoms with Crippen LogP contribution in [0.5, 0.6) is 0 Å². The number of aromatic nitrogens is 1. The van der Waals surface area contributed by atoms with E-state index in [9.17, 15) is 0 Å². The van der Waals surface area contributed by atoms with Crippen molar-refractivity contribution >= 4 is 84.8 Å². The predicted octanol–water partition coefficient (Wildman–Crippen LogP) is 18.9. The highest BCUT2D eigenvalue weighted by molar-refractivity contribution is 7.26. The lowest BCUT2D eigenvalue weighted by atomic mass is 9.65. The standard InChI is InChI=1S/C63H47F2NS2/c1-62(2,3)58-51(35-17-15-19-37(64)33-35)61(66-46-26-12-9-22-40(46)43-30-32-50-54(60(43)66)45-25-11-14-28-48(45)68-50)52(36-18-16-20-38(65)34-36)59(63(4,5)6)57(58)56-41-23-8-7-21-39(41)42-29-31-49-53(55(42)56)44-24-10-13-27-47(44)67-49/h7-34,56H,1-6H3. The summed E-state index contributed by atoms with van der Waals surface area (Å²) in [6.07, 6.45) is 0. The molecular weight excluding hydrogens is 873 g/mol. The molecule has 0 radical (unpaired) electrons. The number of benzene rings is 9. The van der Waals surface area contributed by atoms with E-state index in [4.69, 9.17) is 0 Å². The van der Waals surface area contributed by atoms with E-state index < -0.39 is 10.8 Å². The number of thiophene rings is 2. The maximum atomic E-state index is 16.4. The summed E-state index contributed by atoms with van der Waals surface area (Å²) < 4.78 is 40.2. The number of fused-ring (bicyclic) bond motifs is 14. The summed E-state index contributed by atoms with van der Waals surface area (Å²) in [6.45, 7) is 13.9. The van der Waals surface area contributed by atoms with Gasteiger partial charge in [-0.2, -0.15) is 0 Å². The molecule has 330 valence electrons. The van der Waals surface area contributed by atoms with Crippen LogP contribution in [0, 0.1) is 11.6 Å². The molecule has 1 atom stereocenters. The molecule has 1 nitrogen and oxygen atoms in total. The van der Waals surface area contributed by atoms with Crippen molar-refractivity contribution in [2.24, 2.45) is 0 Å². The summed E-state index contributed by atoms with van der Waals surface area (Å²) in [5.41, 5.74) is 14.0. The molecule has 68 heavy (non-hydrogen) atoms. The quantitative estimate of drug-likeness (QED) is 0.166. The van der Waals surface area contributed by atoms with E-state index in [1.165, 1.54) is 68.2 Å². The summed E-state index contributed by atoms with van der Waals surface area (Å²) >= 11 is 3.65. The van der Waals surface area contributed by atoms with Crippen molar-refractivity contribution in [3.8, 4) is 39.1 Å². The Morgan fingerprint density at radius 3 is 1.59 bits per heavy atom. The molecule has 13 rings (SSSR count). The Morgan fingerprint density at radius 1 is 0.441 bits per heavy atom. The zero-order valence-corrected chi connectivity index (χ0v) is 40.4. The second-order valence-corrected chi connectivity index (χ2v) is 22.8. The molecule has 0 amide bonds. The zero-order chi connectivity index (χ0) is 46.4. The van der Waals surface area contributed by atoms with Crippen molar-refractivity contribution in [1.82, 2.24) is 4.57 Å². The van der Waals surface area contributed by atoms with Gasteiger partial charge in [0.05, 0.1) is 16.7 Å². The second-order valence-electron chi connectivity index (χ2n) is 20.6. The van der Waals surface area contributed by atoms with Crippen LogP contribution in [0.15, 0.2) is 170 Å². The van der Waals surface area contributed by atoms with E-state index in [-0.39, 0.29) is 17.6 Å². The van der Waals surface area contributed by atoms with Crippen molar-refractivity contribution in [3.05, 3.63) is 209 Å². The molecule has 0 fully saturated rings. The number of rotatable bonds is 4. The van der Waals surface area contributed by atoms with Gasteiger partial charge in [-0.1, -0.05) is 157 Å². The molecule has 0 N–H and O–H groups in total. The summed E-state index contributed by atoms with van der Waals surface area (Å²) in [5.74, 6) is -0.831. The van der Waals surface area contributed by atoms with Crippen LogP contribution in [0.3, 0.4) is 0 Å². The molecule has 1 aliphatic rings. The molecule has 3 aromatic heterocycles. The molecule has 0 bridgehead atoms. The first-order valence-electron chi connectivity index (χ1n) is 23.5. The number of hydrogen-bond acceptors (Lipinski definition) is 2. The molecule has 0 saturated carbocycles. The van der Waals surface area contributed by atoms with Crippen LogP contribution in [-0.2, 0) is 10.8 Å². The Kier molecular flexibility index (Phi) is 8.98. The predicted molar refractivity (Wildman–Crippen MR) is 288 cm³/mol. The SMILES string of the molecule is CC(C)(C)c1c(-c2cccc(F)c2)c(-n2c3ccccc3c3ccc4sc5ccccc5c4c32)c(-c2cccc(F)c2)c(C(C)(C)C)c1C1c2ccccc2-c2ccc3sc4ccccc4c3c21. The van der Waals surface area contributed by atoms with Gasteiger partial charge in [0.15, 0.2) is 0 Å². The molecular formula is C63H47F2NS2. The first-order valence-corrected chi connectivity index (χ1v) is 25.1. The molecule has 0 saturated heterocycles. The lowest BCUT2D eigenvalue weighted by Gasteiger charge is -2.40. The van der Waals surface area contributed by atoms with Crippen LogP contribution in [0.1, 0.15) is 75.3 Å². The third-order valence-corrected chi connectivity index (χ3v) is 16.6. The third kappa shape index (κ3) is 5.95. The van der Waals surface area contributed by atoms with Gasteiger partial charge in [-0.15, -0.1) is 22.7 Å². The van der Waals surface area contributed by atoms with Crippen molar-refractivity contribution in [3.63, 3.8) is 0 Å². The van der Waals surface area contributed by atoms with Crippen LogP contribution in [0.4, 0.5) is 8.78 Å². The molecule has 3 heterocycles. The van der Waals surface area contributed by atoms with E-state index in [1.807, 2.05) is 34.8 Å². The molecule has 1 aliphatic carbocycles. The fourth-order valence-corrected chi connectivity index (χ4v) is 14.2. The van der Waals surface area contributed by atoms with Crippen molar-refractivity contribution in [1.29, 1.82) is 0 Å². The molecule has 9 aromatic carbocycles. The minimum absolute atomic E-state index is 0.217. The molecule has 1 unspecified atom stereocenters. The Labute approximate surface area is 402 Å². The fourth-order valence-electron chi connectivity index (χ4n) is 12.0. The number of halogens is 2. The lowest BCUT2D eigenvalue weighted by molar-refractivity contribution is 0.555. The Bertz CT molecular complexity index is 4010. The van der Waals surface area contributed by atoms with Crippen LogP contribution in [0.25, 0.3) is 101 Å². The van der Waals surface area contributed by atoms with Crippen LogP contribution in [-0.4, -0.2) is 4.57 Å². The summed E-state index contributed by atoms with van der Waals surface area (Å²) in [4.78, 5) is 0. The van der Waals surface area contributed by atoms with E-state index >= 15 is 8.78 Å². The topological polar surface area (TPSA) is 4.93 Å². The summed E-state index contributed by atoms with van der Waals surface area (Å²) in [5, 5.41) is 7.16. The van der Waals surface area contributed by atoms with Gasteiger partial charge >= 0.3 is 0 Å². The van der Waals surface area contributed by atoms with Crippen LogP contribution < -0.4 is 0 Å².